The van der Waals surface area contributed by atoms with Gasteiger partial charge in [0.05, 0.1) is 23.6 Å². The molecule has 1 aromatic rings. The van der Waals surface area contributed by atoms with Gasteiger partial charge in [-0.05, 0) is 49.4 Å². The van der Waals surface area contributed by atoms with E-state index in [2.05, 4.69) is 31.0 Å². The predicted octanol–water partition coefficient (Wildman–Crippen LogP) is 4.10. The molecule has 2 rings (SSSR count). The Bertz CT molecular complexity index is 535. The SMILES string of the molecule is CCCC1CCC(C#N)C(N(C)c2ccc(C#N)cc2)C1. The van der Waals surface area contributed by atoms with Crippen LogP contribution in [-0.4, -0.2) is 13.1 Å². The summed E-state index contributed by atoms with van der Waals surface area (Å²) < 4.78 is 0. The molecule has 0 radical (unpaired) electrons. The summed E-state index contributed by atoms with van der Waals surface area (Å²) in [5, 5.41) is 18.3. The van der Waals surface area contributed by atoms with Crippen LogP contribution >= 0.6 is 0 Å². The second-order valence-electron chi connectivity index (χ2n) is 6.04. The van der Waals surface area contributed by atoms with Crippen LogP contribution in [0.2, 0.25) is 0 Å². The Balaban J connectivity index is 2.15. The minimum absolute atomic E-state index is 0.110. The lowest BCUT2D eigenvalue weighted by Gasteiger charge is -2.39. The van der Waals surface area contributed by atoms with Crippen molar-refractivity contribution in [3.63, 3.8) is 0 Å². The first-order chi connectivity index (χ1) is 10.2. The fourth-order valence-corrected chi connectivity index (χ4v) is 3.44. The van der Waals surface area contributed by atoms with Gasteiger partial charge in [-0.15, -0.1) is 0 Å². The quantitative estimate of drug-likeness (QED) is 0.834. The van der Waals surface area contributed by atoms with Gasteiger partial charge in [-0.3, -0.25) is 0 Å². The summed E-state index contributed by atoms with van der Waals surface area (Å²) in [6.45, 7) is 2.23. The largest absolute Gasteiger partial charge is 0.370 e. The van der Waals surface area contributed by atoms with Gasteiger partial charge in [-0.2, -0.15) is 10.5 Å². The third-order valence-corrected chi connectivity index (χ3v) is 4.69. The van der Waals surface area contributed by atoms with Crippen molar-refractivity contribution in [2.75, 3.05) is 11.9 Å². The summed E-state index contributed by atoms with van der Waals surface area (Å²) in [5.41, 5.74) is 1.77. The first-order valence-corrected chi connectivity index (χ1v) is 7.82. The summed E-state index contributed by atoms with van der Waals surface area (Å²) in [6.07, 6.45) is 5.77. The van der Waals surface area contributed by atoms with Crippen LogP contribution in [0.1, 0.15) is 44.6 Å². The molecule has 3 nitrogen and oxygen atoms in total. The highest BCUT2D eigenvalue weighted by molar-refractivity contribution is 5.50. The van der Waals surface area contributed by atoms with Gasteiger partial charge in [0.15, 0.2) is 0 Å². The first-order valence-electron chi connectivity index (χ1n) is 7.82. The van der Waals surface area contributed by atoms with E-state index in [1.165, 1.54) is 19.3 Å². The molecule has 21 heavy (non-hydrogen) atoms. The lowest BCUT2D eigenvalue weighted by Crippen LogP contribution is -2.42. The van der Waals surface area contributed by atoms with E-state index in [1.54, 1.807) is 0 Å². The molecule has 0 spiro atoms. The zero-order valence-corrected chi connectivity index (χ0v) is 12.9. The number of rotatable bonds is 4. The maximum absolute atomic E-state index is 9.44. The molecule has 0 heterocycles. The molecule has 1 fully saturated rings. The van der Waals surface area contributed by atoms with Crippen molar-refractivity contribution in [2.24, 2.45) is 11.8 Å². The van der Waals surface area contributed by atoms with Gasteiger partial charge in [0.25, 0.3) is 0 Å². The highest BCUT2D eigenvalue weighted by Gasteiger charge is 2.32. The minimum atomic E-state index is 0.110. The third kappa shape index (κ3) is 3.56. The highest BCUT2D eigenvalue weighted by atomic mass is 15.1. The third-order valence-electron chi connectivity index (χ3n) is 4.69. The molecule has 0 aliphatic heterocycles. The molecule has 1 aliphatic rings. The van der Waals surface area contributed by atoms with Crippen LogP contribution in [-0.2, 0) is 0 Å². The van der Waals surface area contributed by atoms with E-state index in [0.29, 0.717) is 5.56 Å². The lowest BCUT2D eigenvalue weighted by atomic mass is 9.76. The second-order valence-corrected chi connectivity index (χ2v) is 6.04. The average molecular weight is 281 g/mol. The number of hydrogen-bond donors (Lipinski definition) is 0. The van der Waals surface area contributed by atoms with Gasteiger partial charge in [-0.25, -0.2) is 0 Å². The zero-order valence-electron chi connectivity index (χ0n) is 12.9. The summed E-state index contributed by atoms with van der Waals surface area (Å²) in [4.78, 5) is 2.23. The summed E-state index contributed by atoms with van der Waals surface area (Å²) in [5.74, 6) is 0.851. The van der Waals surface area contributed by atoms with E-state index < -0.39 is 0 Å². The molecule has 0 bridgehead atoms. The van der Waals surface area contributed by atoms with E-state index in [0.717, 1.165) is 24.4 Å². The summed E-state index contributed by atoms with van der Waals surface area (Å²) in [7, 11) is 2.07. The minimum Gasteiger partial charge on any atom is -0.370 e. The van der Waals surface area contributed by atoms with Gasteiger partial charge < -0.3 is 4.90 Å². The average Bonchev–Trinajstić information content (AvgIpc) is 2.54. The maximum atomic E-state index is 9.44. The van der Waals surface area contributed by atoms with Crippen LogP contribution in [0.4, 0.5) is 5.69 Å². The van der Waals surface area contributed by atoms with Crippen molar-refractivity contribution < 1.29 is 0 Å². The van der Waals surface area contributed by atoms with Crippen molar-refractivity contribution in [1.29, 1.82) is 10.5 Å². The number of nitriles is 2. The van der Waals surface area contributed by atoms with Crippen molar-refractivity contribution in [3.8, 4) is 12.1 Å². The molecule has 3 heteroatoms. The number of hydrogen-bond acceptors (Lipinski definition) is 3. The molecule has 1 saturated carbocycles. The Morgan fingerprint density at radius 1 is 1.19 bits per heavy atom. The molecule has 3 unspecified atom stereocenters. The van der Waals surface area contributed by atoms with Crippen molar-refractivity contribution in [3.05, 3.63) is 29.8 Å². The van der Waals surface area contributed by atoms with E-state index >= 15 is 0 Å². The molecule has 0 aromatic heterocycles. The molecule has 1 aromatic carbocycles. The predicted molar refractivity (Wildman–Crippen MR) is 84.7 cm³/mol. The smallest absolute Gasteiger partial charge is 0.0991 e. The van der Waals surface area contributed by atoms with Crippen LogP contribution in [0.5, 0.6) is 0 Å². The van der Waals surface area contributed by atoms with Gasteiger partial charge in [0.2, 0.25) is 0 Å². The van der Waals surface area contributed by atoms with Crippen LogP contribution in [0, 0.1) is 34.5 Å². The topological polar surface area (TPSA) is 50.8 Å². The molecule has 1 aliphatic carbocycles. The van der Waals surface area contributed by atoms with Gasteiger partial charge in [0, 0.05) is 18.8 Å². The fraction of sp³-hybridized carbons (Fsp3) is 0.556. The number of nitrogens with zero attached hydrogens (tertiary/aromatic N) is 3. The molecular formula is C18H23N3. The van der Waals surface area contributed by atoms with Crippen LogP contribution < -0.4 is 4.90 Å². The monoisotopic (exact) mass is 281 g/mol. The summed E-state index contributed by atoms with van der Waals surface area (Å²) in [6, 6.07) is 12.6. The molecule has 0 saturated heterocycles. The van der Waals surface area contributed by atoms with E-state index in [4.69, 9.17) is 5.26 Å². The second kappa shape index (κ2) is 7.14. The molecule has 3 atom stereocenters. The standard InChI is InChI=1S/C18H23N3/c1-3-4-14-5-8-16(13-20)18(11-14)21(2)17-9-6-15(12-19)7-10-17/h6-7,9-10,14,16,18H,3-5,8,11H2,1-2H3. The molecule has 0 amide bonds. The van der Waals surface area contributed by atoms with Gasteiger partial charge >= 0.3 is 0 Å². The maximum Gasteiger partial charge on any atom is 0.0991 e. The van der Waals surface area contributed by atoms with Crippen molar-refractivity contribution in [2.45, 2.75) is 45.1 Å². The Hall–Kier alpha value is -2.00. The van der Waals surface area contributed by atoms with Crippen molar-refractivity contribution in [1.82, 2.24) is 0 Å². The fourth-order valence-electron chi connectivity index (χ4n) is 3.44. The van der Waals surface area contributed by atoms with E-state index in [1.807, 2.05) is 24.3 Å². The van der Waals surface area contributed by atoms with Crippen LogP contribution in [0.25, 0.3) is 0 Å². The lowest BCUT2D eigenvalue weighted by molar-refractivity contribution is 0.258. The Morgan fingerprint density at radius 2 is 1.90 bits per heavy atom. The Kier molecular flexibility index (Phi) is 5.23. The normalized spacial score (nSPS) is 24.9. The van der Waals surface area contributed by atoms with Gasteiger partial charge in [-0.1, -0.05) is 19.8 Å². The number of anilines is 1. The zero-order chi connectivity index (χ0) is 15.2. The Labute approximate surface area is 127 Å². The van der Waals surface area contributed by atoms with Crippen LogP contribution in [0.3, 0.4) is 0 Å². The number of benzene rings is 1. The van der Waals surface area contributed by atoms with E-state index in [9.17, 15) is 5.26 Å². The van der Waals surface area contributed by atoms with Gasteiger partial charge in [0.1, 0.15) is 0 Å². The summed E-state index contributed by atoms with van der Waals surface area (Å²) >= 11 is 0. The van der Waals surface area contributed by atoms with Crippen LogP contribution in [0.15, 0.2) is 24.3 Å². The van der Waals surface area contributed by atoms with E-state index in [-0.39, 0.29) is 12.0 Å². The molecule has 110 valence electrons. The first kappa shape index (κ1) is 15.4. The molecular weight excluding hydrogens is 258 g/mol. The Morgan fingerprint density at radius 3 is 2.48 bits per heavy atom. The molecule has 0 N–H and O–H groups in total. The highest BCUT2D eigenvalue weighted by Crippen LogP contribution is 2.35. The van der Waals surface area contributed by atoms with Crippen molar-refractivity contribution >= 4 is 5.69 Å².